The van der Waals surface area contributed by atoms with Crippen molar-refractivity contribution in [3.63, 3.8) is 0 Å². The molecule has 0 saturated carbocycles. The smallest absolute Gasteiger partial charge is 0.265 e. The fourth-order valence-electron chi connectivity index (χ4n) is 2.77. The molecule has 5 nitrogen and oxygen atoms in total. The molecule has 1 atom stereocenters. The van der Waals surface area contributed by atoms with E-state index in [1.165, 1.54) is 0 Å². The second-order valence-corrected chi connectivity index (χ2v) is 7.31. The zero-order valence-corrected chi connectivity index (χ0v) is 16.7. The minimum Gasteiger partial charge on any atom is -0.479 e. The molecular weight excluding hydrogens is 411 g/mol. The second-order valence-electron chi connectivity index (χ2n) is 6.12. The summed E-state index contributed by atoms with van der Waals surface area (Å²) >= 11 is 18.3. The highest BCUT2D eigenvalue weighted by Crippen LogP contribution is 2.33. The number of nitrogens with one attached hydrogen (secondary N) is 1. The number of anilines is 2. The second kappa shape index (κ2) is 8.38. The van der Waals surface area contributed by atoms with Crippen LogP contribution in [0.1, 0.15) is 19.8 Å². The number of carbonyl (C=O) groups is 2. The Balaban J connectivity index is 1.67. The minimum absolute atomic E-state index is 0.0501. The predicted molar refractivity (Wildman–Crippen MR) is 108 cm³/mol. The fourth-order valence-corrected chi connectivity index (χ4v) is 3.39. The number of rotatable bonds is 5. The van der Waals surface area contributed by atoms with E-state index in [4.69, 9.17) is 39.5 Å². The van der Waals surface area contributed by atoms with Gasteiger partial charge in [-0.3, -0.25) is 9.59 Å². The van der Waals surface area contributed by atoms with E-state index in [1.54, 1.807) is 48.2 Å². The lowest BCUT2D eigenvalue weighted by Gasteiger charge is -2.19. The molecule has 2 amide bonds. The molecule has 0 bridgehead atoms. The summed E-state index contributed by atoms with van der Waals surface area (Å²) < 4.78 is 5.59. The van der Waals surface area contributed by atoms with Crippen LogP contribution in [-0.4, -0.2) is 24.5 Å². The van der Waals surface area contributed by atoms with Crippen LogP contribution in [0.4, 0.5) is 11.4 Å². The van der Waals surface area contributed by atoms with Gasteiger partial charge in [-0.25, -0.2) is 0 Å². The van der Waals surface area contributed by atoms with Gasteiger partial charge >= 0.3 is 0 Å². The van der Waals surface area contributed by atoms with Gasteiger partial charge in [0.25, 0.3) is 5.91 Å². The summed E-state index contributed by atoms with van der Waals surface area (Å²) in [4.78, 5) is 25.9. The van der Waals surface area contributed by atoms with Gasteiger partial charge in [0.05, 0.1) is 15.7 Å². The average molecular weight is 428 g/mol. The van der Waals surface area contributed by atoms with Crippen LogP contribution >= 0.6 is 34.8 Å². The lowest BCUT2D eigenvalue weighted by atomic mass is 10.2. The summed E-state index contributed by atoms with van der Waals surface area (Å²) in [5.41, 5.74) is 1.15. The minimum atomic E-state index is -0.806. The maximum atomic E-state index is 12.4. The number of hydrogen-bond acceptors (Lipinski definition) is 3. The van der Waals surface area contributed by atoms with E-state index < -0.39 is 6.10 Å². The first kappa shape index (κ1) is 19.8. The monoisotopic (exact) mass is 426 g/mol. The lowest BCUT2D eigenvalue weighted by molar-refractivity contribution is -0.122. The Morgan fingerprint density at radius 3 is 2.63 bits per heavy atom. The Labute approximate surface area is 172 Å². The molecule has 0 spiro atoms. The molecule has 1 heterocycles. The number of ether oxygens (including phenoxy) is 1. The SMILES string of the molecule is CC(Oc1cccc(Cl)c1Cl)C(=O)Nc1ccc(N2CCCC2=O)c(Cl)c1. The summed E-state index contributed by atoms with van der Waals surface area (Å²) in [5, 5.41) is 3.73. The van der Waals surface area contributed by atoms with Crippen LogP contribution in [0.5, 0.6) is 5.75 Å². The largest absolute Gasteiger partial charge is 0.479 e. The molecule has 3 rings (SSSR count). The van der Waals surface area contributed by atoms with Crippen molar-refractivity contribution < 1.29 is 14.3 Å². The Morgan fingerprint density at radius 2 is 1.96 bits per heavy atom. The zero-order valence-electron chi connectivity index (χ0n) is 14.5. The van der Waals surface area contributed by atoms with Crippen molar-refractivity contribution in [2.45, 2.75) is 25.9 Å². The zero-order chi connectivity index (χ0) is 19.6. The molecule has 142 valence electrons. The summed E-state index contributed by atoms with van der Waals surface area (Å²) in [6.45, 7) is 2.25. The third-order valence-electron chi connectivity index (χ3n) is 4.17. The predicted octanol–water partition coefficient (Wildman–Crippen LogP) is 5.18. The molecule has 0 aromatic heterocycles. The Hall–Kier alpha value is -1.95. The number of halogens is 3. The van der Waals surface area contributed by atoms with Crippen LogP contribution in [0.25, 0.3) is 0 Å². The van der Waals surface area contributed by atoms with Gasteiger partial charge in [-0.15, -0.1) is 0 Å². The van der Waals surface area contributed by atoms with Crippen molar-refractivity contribution in [2.75, 3.05) is 16.8 Å². The molecule has 1 aliphatic rings. The molecule has 27 heavy (non-hydrogen) atoms. The highest BCUT2D eigenvalue weighted by atomic mass is 35.5. The van der Waals surface area contributed by atoms with Crippen molar-refractivity contribution in [1.29, 1.82) is 0 Å². The molecule has 1 N–H and O–H groups in total. The first-order chi connectivity index (χ1) is 12.9. The molecule has 0 aliphatic carbocycles. The molecule has 8 heteroatoms. The molecule has 1 unspecified atom stereocenters. The third-order valence-corrected chi connectivity index (χ3v) is 5.27. The van der Waals surface area contributed by atoms with E-state index >= 15 is 0 Å². The van der Waals surface area contributed by atoms with Gasteiger partial charge in [-0.05, 0) is 43.7 Å². The Morgan fingerprint density at radius 1 is 1.19 bits per heavy atom. The molecule has 1 saturated heterocycles. The number of nitrogens with zero attached hydrogens (tertiary/aromatic N) is 1. The number of benzene rings is 2. The molecule has 1 fully saturated rings. The van der Waals surface area contributed by atoms with Crippen molar-refractivity contribution >= 4 is 58.0 Å². The van der Waals surface area contributed by atoms with Gasteiger partial charge in [0.2, 0.25) is 5.91 Å². The van der Waals surface area contributed by atoms with E-state index in [0.717, 1.165) is 6.42 Å². The van der Waals surface area contributed by atoms with Crippen molar-refractivity contribution in [2.24, 2.45) is 0 Å². The van der Waals surface area contributed by atoms with Gasteiger partial charge in [0, 0.05) is 18.7 Å². The first-order valence-corrected chi connectivity index (χ1v) is 9.51. The summed E-state index contributed by atoms with van der Waals surface area (Å²) in [7, 11) is 0. The van der Waals surface area contributed by atoms with Crippen molar-refractivity contribution in [1.82, 2.24) is 0 Å². The number of hydrogen-bond donors (Lipinski definition) is 1. The summed E-state index contributed by atoms with van der Waals surface area (Å²) in [5.74, 6) is 0.00830. The van der Waals surface area contributed by atoms with Crippen LogP contribution in [-0.2, 0) is 9.59 Å². The fraction of sp³-hybridized carbons (Fsp3) is 0.263. The normalized spacial score (nSPS) is 15.0. The average Bonchev–Trinajstić information content (AvgIpc) is 3.05. The van der Waals surface area contributed by atoms with E-state index in [-0.39, 0.29) is 16.8 Å². The Bertz CT molecular complexity index is 888. The summed E-state index contributed by atoms with van der Waals surface area (Å²) in [6, 6.07) is 9.99. The third kappa shape index (κ3) is 4.49. The van der Waals surface area contributed by atoms with Crippen LogP contribution in [0.15, 0.2) is 36.4 Å². The van der Waals surface area contributed by atoms with E-state index in [0.29, 0.717) is 40.1 Å². The van der Waals surface area contributed by atoms with Crippen LogP contribution in [0.2, 0.25) is 15.1 Å². The maximum absolute atomic E-state index is 12.4. The van der Waals surface area contributed by atoms with Gasteiger partial charge in [-0.1, -0.05) is 40.9 Å². The first-order valence-electron chi connectivity index (χ1n) is 8.38. The highest BCUT2D eigenvalue weighted by Gasteiger charge is 2.24. The summed E-state index contributed by atoms with van der Waals surface area (Å²) in [6.07, 6.45) is 0.532. The van der Waals surface area contributed by atoms with Crippen LogP contribution in [0.3, 0.4) is 0 Å². The highest BCUT2D eigenvalue weighted by molar-refractivity contribution is 6.42. The van der Waals surface area contributed by atoms with Gasteiger partial charge in [0.15, 0.2) is 6.10 Å². The van der Waals surface area contributed by atoms with Gasteiger partial charge < -0.3 is 15.0 Å². The standard InChI is InChI=1S/C19H17Cl3N2O3/c1-11(27-16-5-2-4-13(20)18(16)22)19(26)23-12-7-8-15(14(21)10-12)24-9-3-6-17(24)25/h2,4-5,7-8,10-11H,3,6,9H2,1H3,(H,23,26). The maximum Gasteiger partial charge on any atom is 0.265 e. The van der Waals surface area contributed by atoms with Gasteiger partial charge in [-0.2, -0.15) is 0 Å². The lowest BCUT2D eigenvalue weighted by Crippen LogP contribution is -2.30. The van der Waals surface area contributed by atoms with E-state index in [1.807, 2.05) is 0 Å². The van der Waals surface area contributed by atoms with Crippen molar-refractivity contribution in [3.8, 4) is 5.75 Å². The number of amides is 2. The molecule has 2 aromatic rings. The molecule has 2 aromatic carbocycles. The number of carbonyl (C=O) groups excluding carboxylic acids is 2. The van der Waals surface area contributed by atoms with Gasteiger partial charge in [0.1, 0.15) is 10.8 Å². The van der Waals surface area contributed by atoms with E-state index in [2.05, 4.69) is 5.32 Å². The van der Waals surface area contributed by atoms with Crippen molar-refractivity contribution in [3.05, 3.63) is 51.5 Å². The Kier molecular flexibility index (Phi) is 6.15. The topological polar surface area (TPSA) is 58.6 Å². The van der Waals surface area contributed by atoms with Crippen LogP contribution < -0.4 is 15.0 Å². The quantitative estimate of drug-likeness (QED) is 0.715. The molecule has 0 radical (unpaired) electrons. The molecule has 1 aliphatic heterocycles. The molecular formula is C19H17Cl3N2O3. The van der Waals surface area contributed by atoms with Crippen LogP contribution in [0, 0.1) is 0 Å². The van der Waals surface area contributed by atoms with E-state index in [9.17, 15) is 9.59 Å².